The highest BCUT2D eigenvalue weighted by Gasteiger charge is 2.14. The molecule has 0 N–H and O–H groups in total. The van der Waals surface area contributed by atoms with Gasteiger partial charge in [0.2, 0.25) is 0 Å². The first kappa shape index (κ1) is 11.7. The van der Waals surface area contributed by atoms with Gasteiger partial charge in [-0.25, -0.2) is 0 Å². The molecule has 0 fully saturated rings. The lowest BCUT2D eigenvalue weighted by atomic mass is 10.3. The van der Waals surface area contributed by atoms with Crippen LogP contribution in [0, 0.1) is 0 Å². The maximum atomic E-state index is 11.3. The van der Waals surface area contributed by atoms with Crippen LogP contribution in [0.2, 0.25) is 0 Å². The van der Waals surface area contributed by atoms with Crippen molar-refractivity contribution in [3.8, 4) is 5.75 Å². The number of rotatable bonds is 3. The van der Waals surface area contributed by atoms with Gasteiger partial charge in [-0.1, -0.05) is 38.8 Å². The SMILES string of the molecule is CCC(Br)C(=O)Oc1ccc(Br)cc1. The van der Waals surface area contributed by atoms with Gasteiger partial charge in [0, 0.05) is 4.47 Å². The molecule has 1 atom stereocenters. The van der Waals surface area contributed by atoms with E-state index in [1.807, 2.05) is 19.1 Å². The summed E-state index contributed by atoms with van der Waals surface area (Å²) in [7, 11) is 0. The van der Waals surface area contributed by atoms with Crippen molar-refractivity contribution >= 4 is 37.8 Å². The Morgan fingerprint density at radius 1 is 1.43 bits per heavy atom. The monoisotopic (exact) mass is 320 g/mol. The number of hydrogen-bond acceptors (Lipinski definition) is 2. The van der Waals surface area contributed by atoms with Crippen molar-refractivity contribution in [2.24, 2.45) is 0 Å². The number of carbonyl (C=O) groups excluding carboxylic acids is 1. The zero-order chi connectivity index (χ0) is 10.6. The Morgan fingerprint density at radius 2 is 2.00 bits per heavy atom. The maximum Gasteiger partial charge on any atom is 0.325 e. The summed E-state index contributed by atoms with van der Waals surface area (Å²) in [6, 6.07) is 7.16. The fourth-order valence-electron chi connectivity index (χ4n) is 0.849. The number of benzene rings is 1. The Kier molecular flexibility index (Phi) is 4.62. The lowest BCUT2D eigenvalue weighted by Gasteiger charge is -2.07. The van der Waals surface area contributed by atoms with Crippen LogP contribution in [0.3, 0.4) is 0 Å². The molecule has 1 aromatic rings. The van der Waals surface area contributed by atoms with Gasteiger partial charge in [-0.05, 0) is 30.7 Å². The molecule has 0 bridgehead atoms. The minimum absolute atomic E-state index is 0.230. The molecule has 0 aliphatic rings. The molecule has 1 unspecified atom stereocenters. The Morgan fingerprint density at radius 3 is 2.50 bits per heavy atom. The molecule has 0 saturated heterocycles. The summed E-state index contributed by atoms with van der Waals surface area (Å²) in [5, 5.41) is 0. The second kappa shape index (κ2) is 5.51. The van der Waals surface area contributed by atoms with Crippen molar-refractivity contribution < 1.29 is 9.53 Å². The van der Waals surface area contributed by atoms with Crippen LogP contribution in [0.4, 0.5) is 0 Å². The Labute approximate surface area is 99.9 Å². The largest absolute Gasteiger partial charge is 0.426 e. The molecule has 0 aliphatic carbocycles. The first-order valence-corrected chi connectivity index (χ1v) is 5.95. The van der Waals surface area contributed by atoms with E-state index in [0.29, 0.717) is 5.75 Å². The second-order valence-electron chi connectivity index (χ2n) is 2.75. The molecule has 0 amide bonds. The van der Waals surface area contributed by atoms with E-state index < -0.39 is 0 Å². The Bertz CT molecular complexity index is 308. The second-order valence-corrected chi connectivity index (χ2v) is 4.77. The molecule has 0 radical (unpaired) electrons. The standard InChI is InChI=1S/C10H10Br2O2/c1-2-9(12)10(13)14-8-5-3-7(11)4-6-8/h3-6,9H,2H2,1H3. The van der Waals surface area contributed by atoms with Gasteiger partial charge in [0.05, 0.1) is 0 Å². The van der Waals surface area contributed by atoms with Gasteiger partial charge in [0.1, 0.15) is 10.6 Å². The van der Waals surface area contributed by atoms with E-state index in [0.717, 1.165) is 10.9 Å². The third-order valence-electron chi connectivity index (χ3n) is 1.65. The first-order valence-electron chi connectivity index (χ1n) is 4.24. The molecule has 0 aliphatic heterocycles. The summed E-state index contributed by atoms with van der Waals surface area (Å²) in [6.07, 6.45) is 0.718. The van der Waals surface area contributed by atoms with E-state index in [4.69, 9.17) is 4.74 Å². The lowest BCUT2D eigenvalue weighted by Crippen LogP contribution is -2.19. The van der Waals surface area contributed by atoms with Crippen molar-refractivity contribution in [3.05, 3.63) is 28.7 Å². The van der Waals surface area contributed by atoms with Gasteiger partial charge >= 0.3 is 5.97 Å². The minimum Gasteiger partial charge on any atom is -0.426 e. The van der Waals surface area contributed by atoms with Crippen LogP contribution in [0.25, 0.3) is 0 Å². The topological polar surface area (TPSA) is 26.3 Å². The van der Waals surface area contributed by atoms with E-state index >= 15 is 0 Å². The molecule has 0 heterocycles. The van der Waals surface area contributed by atoms with E-state index in [-0.39, 0.29) is 10.8 Å². The number of hydrogen-bond donors (Lipinski definition) is 0. The minimum atomic E-state index is -0.255. The number of halogens is 2. The van der Waals surface area contributed by atoms with Crippen LogP contribution in [-0.2, 0) is 4.79 Å². The molecule has 76 valence electrons. The normalized spacial score (nSPS) is 12.2. The van der Waals surface area contributed by atoms with Crippen LogP contribution in [0.1, 0.15) is 13.3 Å². The van der Waals surface area contributed by atoms with Gasteiger partial charge in [0.25, 0.3) is 0 Å². The molecular weight excluding hydrogens is 312 g/mol. The van der Waals surface area contributed by atoms with Gasteiger partial charge < -0.3 is 4.74 Å². The molecule has 1 aromatic carbocycles. The first-order chi connectivity index (χ1) is 6.63. The van der Waals surface area contributed by atoms with Gasteiger partial charge in [-0.15, -0.1) is 0 Å². The average Bonchev–Trinajstić information content (AvgIpc) is 2.20. The maximum absolute atomic E-state index is 11.3. The van der Waals surface area contributed by atoms with Gasteiger partial charge in [-0.2, -0.15) is 0 Å². The molecule has 0 saturated carbocycles. The van der Waals surface area contributed by atoms with E-state index in [2.05, 4.69) is 31.9 Å². The fraction of sp³-hybridized carbons (Fsp3) is 0.300. The summed E-state index contributed by atoms with van der Waals surface area (Å²) in [5.41, 5.74) is 0. The molecule has 0 spiro atoms. The van der Waals surface area contributed by atoms with Crippen LogP contribution in [0.5, 0.6) is 5.75 Å². The number of alkyl halides is 1. The van der Waals surface area contributed by atoms with E-state index in [1.54, 1.807) is 12.1 Å². The summed E-state index contributed by atoms with van der Waals surface area (Å²) >= 11 is 6.53. The van der Waals surface area contributed by atoms with Crippen molar-refractivity contribution in [1.82, 2.24) is 0 Å². The predicted molar refractivity (Wildman–Crippen MR) is 62.8 cm³/mol. The quantitative estimate of drug-likeness (QED) is 0.483. The highest BCUT2D eigenvalue weighted by molar-refractivity contribution is 9.10. The Balaban J connectivity index is 2.60. The number of ether oxygens (including phenoxy) is 1. The van der Waals surface area contributed by atoms with E-state index in [9.17, 15) is 4.79 Å². The van der Waals surface area contributed by atoms with Crippen LogP contribution >= 0.6 is 31.9 Å². The molecule has 2 nitrogen and oxygen atoms in total. The lowest BCUT2D eigenvalue weighted by molar-refractivity contribution is -0.133. The van der Waals surface area contributed by atoms with Crippen molar-refractivity contribution in [1.29, 1.82) is 0 Å². The number of esters is 1. The van der Waals surface area contributed by atoms with Crippen molar-refractivity contribution in [2.75, 3.05) is 0 Å². The smallest absolute Gasteiger partial charge is 0.325 e. The summed E-state index contributed by atoms with van der Waals surface area (Å²) in [5.74, 6) is 0.311. The van der Waals surface area contributed by atoms with E-state index in [1.165, 1.54) is 0 Å². The van der Waals surface area contributed by atoms with Crippen molar-refractivity contribution in [3.63, 3.8) is 0 Å². The highest BCUT2D eigenvalue weighted by Crippen LogP contribution is 2.17. The molecule has 14 heavy (non-hydrogen) atoms. The summed E-state index contributed by atoms with van der Waals surface area (Å²) in [6.45, 7) is 1.92. The molecule has 0 aromatic heterocycles. The summed E-state index contributed by atoms with van der Waals surface area (Å²) < 4.78 is 6.08. The molecule has 4 heteroatoms. The Hall–Kier alpha value is -0.350. The third kappa shape index (κ3) is 3.42. The molecule has 1 rings (SSSR count). The highest BCUT2D eigenvalue weighted by atomic mass is 79.9. The average molecular weight is 322 g/mol. The van der Waals surface area contributed by atoms with Crippen LogP contribution < -0.4 is 4.74 Å². The van der Waals surface area contributed by atoms with Crippen molar-refractivity contribution in [2.45, 2.75) is 18.2 Å². The zero-order valence-electron chi connectivity index (χ0n) is 7.67. The van der Waals surface area contributed by atoms with Crippen LogP contribution in [0.15, 0.2) is 28.7 Å². The summed E-state index contributed by atoms with van der Waals surface area (Å²) in [4.78, 5) is 11.1. The predicted octanol–water partition coefficient (Wildman–Crippen LogP) is 3.53. The van der Waals surface area contributed by atoms with Gasteiger partial charge in [-0.3, -0.25) is 4.79 Å². The number of carbonyl (C=O) groups is 1. The molecular formula is C10H10Br2O2. The van der Waals surface area contributed by atoms with Gasteiger partial charge in [0.15, 0.2) is 0 Å². The fourth-order valence-corrected chi connectivity index (χ4v) is 1.21. The van der Waals surface area contributed by atoms with Crippen LogP contribution in [-0.4, -0.2) is 10.8 Å². The third-order valence-corrected chi connectivity index (χ3v) is 3.20. The zero-order valence-corrected chi connectivity index (χ0v) is 10.8.